The van der Waals surface area contributed by atoms with Crippen molar-refractivity contribution in [1.29, 1.82) is 0 Å². The number of anilines is 1. The van der Waals surface area contributed by atoms with Crippen LogP contribution >= 0.6 is 0 Å². The van der Waals surface area contributed by atoms with Gasteiger partial charge in [0.1, 0.15) is 5.69 Å². The molecule has 0 aliphatic carbocycles. The quantitative estimate of drug-likeness (QED) is 0.680. The van der Waals surface area contributed by atoms with Gasteiger partial charge in [0.15, 0.2) is 0 Å². The van der Waals surface area contributed by atoms with E-state index in [2.05, 4.69) is 20.6 Å². The van der Waals surface area contributed by atoms with Gasteiger partial charge >= 0.3 is 0 Å². The predicted molar refractivity (Wildman–Crippen MR) is 102 cm³/mol. The van der Waals surface area contributed by atoms with E-state index in [1.165, 1.54) is 0 Å². The first-order valence-corrected chi connectivity index (χ1v) is 8.67. The van der Waals surface area contributed by atoms with E-state index in [4.69, 9.17) is 0 Å². The number of carbonyl (C=O) groups is 1. The maximum absolute atomic E-state index is 12.2. The van der Waals surface area contributed by atoms with E-state index in [0.29, 0.717) is 25.3 Å². The number of nitrogens with one attached hydrogen (secondary N) is 3. The molecule has 1 aliphatic rings. The minimum atomic E-state index is -0.165. The second-order valence-electron chi connectivity index (χ2n) is 6.24. The van der Waals surface area contributed by atoms with E-state index in [1.54, 1.807) is 29.6 Å². The Morgan fingerprint density at radius 1 is 1.38 bits per heavy atom. The molecule has 0 saturated carbocycles. The van der Waals surface area contributed by atoms with Gasteiger partial charge in [-0.2, -0.15) is 0 Å². The Labute approximate surface area is 152 Å². The summed E-state index contributed by atoms with van der Waals surface area (Å²) in [6.45, 7) is 1.93. The van der Waals surface area contributed by atoms with E-state index < -0.39 is 0 Å². The molecule has 7 nitrogen and oxygen atoms in total. The molecule has 3 N–H and O–H groups in total. The summed E-state index contributed by atoms with van der Waals surface area (Å²) < 4.78 is 0. The highest BCUT2D eigenvalue weighted by atomic mass is 16.2. The lowest BCUT2D eigenvalue weighted by Crippen LogP contribution is -2.31. The third kappa shape index (κ3) is 4.37. The van der Waals surface area contributed by atoms with Crippen LogP contribution in [0.4, 0.5) is 5.69 Å². The molecule has 7 heteroatoms. The fraction of sp³-hybridized carbons (Fsp3) is 0.316. The molecule has 0 unspecified atom stereocenters. The topological polar surface area (TPSA) is 90.1 Å². The van der Waals surface area contributed by atoms with Crippen molar-refractivity contribution in [3.05, 3.63) is 59.3 Å². The molecule has 1 amide bonds. The highest BCUT2D eigenvalue weighted by molar-refractivity contribution is 5.87. The third-order valence-corrected chi connectivity index (χ3v) is 4.36. The molecule has 0 radical (unpaired) electrons. The van der Waals surface area contributed by atoms with Crippen molar-refractivity contribution in [3.8, 4) is 11.1 Å². The summed E-state index contributed by atoms with van der Waals surface area (Å²) in [6.07, 6.45) is 9.34. The minimum Gasteiger partial charge on any atom is -0.376 e. The molecule has 136 valence electrons. The van der Waals surface area contributed by atoms with Crippen molar-refractivity contribution in [2.45, 2.75) is 12.5 Å². The fourth-order valence-corrected chi connectivity index (χ4v) is 2.98. The van der Waals surface area contributed by atoms with Crippen LogP contribution in [0.3, 0.4) is 0 Å². The molecule has 2 aromatic heterocycles. The van der Waals surface area contributed by atoms with Crippen LogP contribution in [0.1, 0.15) is 6.42 Å². The van der Waals surface area contributed by atoms with Crippen molar-refractivity contribution >= 4 is 11.6 Å². The van der Waals surface area contributed by atoms with Crippen LogP contribution in [0.15, 0.2) is 53.7 Å². The second-order valence-corrected chi connectivity index (χ2v) is 6.24. The van der Waals surface area contributed by atoms with Gasteiger partial charge < -0.3 is 20.5 Å². The molecule has 0 spiro atoms. The highest BCUT2D eigenvalue weighted by Gasteiger charge is 2.25. The number of aromatic nitrogens is 2. The first-order valence-electron chi connectivity index (χ1n) is 8.67. The number of rotatable bonds is 6. The molecule has 0 bridgehead atoms. The zero-order valence-electron chi connectivity index (χ0n) is 14.7. The number of carbonyl (C=O) groups excluding carboxylic acids is 1. The first-order chi connectivity index (χ1) is 12.7. The van der Waals surface area contributed by atoms with Crippen LogP contribution in [0, 0.1) is 0 Å². The summed E-state index contributed by atoms with van der Waals surface area (Å²) in [6, 6.07) is 5.69. The summed E-state index contributed by atoms with van der Waals surface area (Å²) in [5.74, 6) is 0.00370. The average molecular weight is 353 g/mol. The largest absolute Gasteiger partial charge is 0.376 e. The van der Waals surface area contributed by atoms with Gasteiger partial charge in [-0.05, 0) is 37.2 Å². The standard InChI is InChI=1S/C19H23N5O2/c1-20-7-2-3-18(25)24-10-6-16(13-24)23-17-11-15(12-22-19(17)26)14-4-8-21-9-5-14/h2-5,8-9,11-12,16,20,23H,6-7,10,13H2,1H3,(H,22,26)/t16-/m1/s1. The second kappa shape index (κ2) is 8.44. The number of amides is 1. The number of hydrogen-bond donors (Lipinski definition) is 3. The lowest BCUT2D eigenvalue weighted by Gasteiger charge is -2.16. The number of H-pyrrole nitrogens is 1. The van der Waals surface area contributed by atoms with Gasteiger partial charge in [0, 0.05) is 55.9 Å². The summed E-state index contributed by atoms with van der Waals surface area (Å²) in [5, 5.41) is 6.25. The maximum atomic E-state index is 12.2. The smallest absolute Gasteiger partial charge is 0.271 e. The summed E-state index contributed by atoms with van der Waals surface area (Å²) in [5.41, 5.74) is 2.25. The zero-order chi connectivity index (χ0) is 18.4. The molecule has 3 heterocycles. The van der Waals surface area contributed by atoms with Crippen LogP contribution < -0.4 is 16.2 Å². The summed E-state index contributed by atoms with van der Waals surface area (Å²) in [7, 11) is 1.84. The maximum Gasteiger partial charge on any atom is 0.271 e. The van der Waals surface area contributed by atoms with Gasteiger partial charge in [0.05, 0.1) is 0 Å². The van der Waals surface area contributed by atoms with Gasteiger partial charge in [0.25, 0.3) is 5.56 Å². The number of likely N-dealkylation sites (N-methyl/N-ethyl adjacent to an activating group) is 1. The van der Waals surface area contributed by atoms with Crippen LogP contribution in [-0.4, -0.2) is 53.5 Å². The molecular formula is C19H23N5O2. The Kier molecular flexibility index (Phi) is 5.80. The van der Waals surface area contributed by atoms with E-state index >= 15 is 0 Å². The van der Waals surface area contributed by atoms with Crippen LogP contribution in [0.2, 0.25) is 0 Å². The predicted octanol–water partition coefficient (Wildman–Crippen LogP) is 1.23. The Bertz CT molecular complexity index is 831. The molecule has 3 rings (SSSR count). The summed E-state index contributed by atoms with van der Waals surface area (Å²) >= 11 is 0. The highest BCUT2D eigenvalue weighted by Crippen LogP contribution is 2.20. The van der Waals surface area contributed by atoms with Gasteiger partial charge in [-0.25, -0.2) is 0 Å². The molecule has 26 heavy (non-hydrogen) atoms. The Morgan fingerprint density at radius 3 is 2.96 bits per heavy atom. The van der Waals surface area contributed by atoms with Crippen molar-refractivity contribution in [1.82, 2.24) is 20.2 Å². The van der Waals surface area contributed by atoms with Crippen molar-refractivity contribution in [2.75, 3.05) is 32.0 Å². The van der Waals surface area contributed by atoms with Gasteiger partial charge in [0.2, 0.25) is 5.91 Å². The van der Waals surface area contributed by atoms with Crippen molar-refractivity contribution in [3.63, 3.8) is 0 Å². The Balaban J connectivity index is 1.66. The molecule has 1 saturated heterocycles. The van der Waals surface area contributed by atoms with Crippen molar-refractivity contribution < 1.29 is 4.79 Å². The van der Waals surface area contributed by atoms with E-state index in [1.807, 2.05) is 31.3 Å². The van der Waals surface area contributed by atoms with E-state index in [9.17, 15) is 9.59 Å². The molecule has 1 aliphatic heterocycles. The van der Waals surface area contributed by atoms with Crippen LogP contribution in [0.5, 0.6) is 0 Å². The molecule has 1 fully saturated rings. The summed E-state index contributed by atoms with van der Waals surface area (Å²) in [4.78, 5) is 32.9. The van der Waals surface area contributed by atoms with Crippen LogP contribution in [-0.2, 0) is 4.79 Å². The molecule has 0 aromatic carbocycles. The number of hydrogen-bond acceptors (Lipinski definition) is 5. The van der Waals surface area contributed by atoms with Gasteiger partial charge in [-0.3, -0.25) is 14.6 Å². The molecular weight excluding hydrogens is 330 g/mol. The Morgan fingerprint density at radius 2 is 2.19 bits per heavy atom. The van der Waals surface area contributed by atoms with Gasteiger partial charge in [-0.15, -0.1) is 0 Å². The number of likely N-dealkylation sites (tertiary alicyclic amines) is 1. The third-order valence-electron chi connectivity index (χ3n) is 4.36. The lowest BCUT2D eigenvalue weighted by atomic mass is 10.1. The molecule has 2 aromatic rings. The van der Waals surface area contributed by atoms with E-state index in [0.717, 1.165) is 17.5 Å². The zero-order valence-corrected chi connectivity index (χ0v) is 14.7. The fourth-order valence-electron chi connectivity index (χ4n) is 2.98. The minimum absolute atomic E-state index is 0.00370. The normalized spacial score (nSPS) is 17.0. The first kappa shape index (κ1) is 17.9. The van der Waals surface area contributed by atoms with E-state index in [-0.39, 0.29) is 17.5 Å². The van der Waals surface area contributed by atoms with Crippen LogP contribution in [0.25, 0.3) is 11.1 Å². The van der Waals surface area contributed by atoms with Gasteiger partial charge in [-0.1, -0.05) is 6.08 Å². The number of pyridine rings is 2. The Hall–Kier alpha value is -2.93. The van der Waals surface area contributed by atoms with Crippen molar-refractivity contribution in [2.24, 2.45) is 0 Å². The molecule has 1 atom stereocenters. The monoisotopic (exact) mass is 353 g/mol. The average Bonchev–Trinajstić information content (AvgIpc) is 3.13. The SMILES string of the molecule is CNCC=CC(=O)N1CC[C@@H](Nc2cc(-c3ccncc3)c[nH]c2=O)C1. The number of aromatic amines is 1. The number of nitrogens with zero attached hydrogens (tertiary/aromatic N) is 2. The lowest BCUT2D eigenvalue weighted by molar-refractivity contribution is -0.125.